The Balaban J connectivity index is 2.63. The zero-order valence-corrected chi connectivity index (χ0v) is 5.52. The van der Waals surface area contributed by atoms with Gasteiger partial charge in [-0.3, -0.25) is 0 Å². The molecule has 0 radical (unpaired) electrons. The monoisotopic (exact) mass is 105 g/mol. The van der Waals surface area contributed by atoms with Crippen molar-refractivity contribution >= 4 is 9.24 Å². The van der Waals surface area contributed by atoms with E-state index in [-0.39, 0.29) is 0 Å². The van der Waals surface area contributed by atoms with E-state index in [1.54, 1.807) is 0 Å². The van der Waals surface area contributed by atoms with Crippen LogP contribution in [-0.2, 0) is 0 Å². The van der Waals surface area contributed by atoms with E-state index in [1.807, 2.05) is 0 Å². The Hall–Kier alpha value is 0.390. The van der Waals surface area contributed by atoms with Crippen molar-refractivity contribution in [2.24, 2.45) is 0 Å². The van der Waals surface area contributed by atoms with Crippen molar-refractivity contribution in [3.63, 3.8) is 0 Å². The van der Waals surface area contributed by atoms with Gasteiger partial charge in [0.05, 0.1) is 0 Å². The number of rotatable bonds is 2. The predicted molar refractivity (Wildman–Crippen MR) is 32.8 cm³/mol. The Morgan fingerprint density at radius 2 is 2.17 bits per heavy atom. The van der Waals surface area contributed by atoms with E-state index in [2.05, 4.69) is 28.4 Å². The minimum atomic E-state index is 0.627. The minimum Gasteiger partial charge on any atom is -0.311 e. The fourth-order valence-corrected chi connectivity index (χ4v) is 0.707. The Kier molecular flexibility index (Phi) is 3.81. The van der Waals surface area contributed by atoms with Crippen LogP contribution in [0.4, 0.5) is 0 Å². The molecular weight excluding hydrogens is 93.0 g/mol. The highest BCUT2D eigenvalue weighted by atomic mass is 31.0. The van der Waals surface area contributed by atoms with E-state index in [0.29, 0.717) is 6.04 Å². The third-order valence-corrected chi connectivity index (χ3v) is 0.762. The molecule has 1 nitrogen and oxygen atoms in total. The molecule has 0 saturated heterocycles. The largest absolute Gasteiger partial charge is 0.311 e. The average molecular weight is 105 g/mol. The SMILES string of the molecule is CC(C)NCP. The summed E-state index contributed by atoms with van der Waals surface area (Å²) in [4.78, 5) is 0. The van der Waals surface area contributed by atoms with Gasteiger partial charge in [-0.2, -0.15) is 0 Å². The lowest BCUT2D eigenvalue weighted by Crippen LogP contribution is -2.19. The van der Waals surface area contributed by atoms with E-state index < -0.39 is 0 Å². The molecule has 0 aliphatic heterocycles. The number of hydrogen-bond acceptors (Lipinski definition) is 1. The Labute approximate surface area is 41.7 Å². The lowest BCUT2D eigenvalue weighted by atomic mass is 10.4. The van der Waals surface area contributed by atoms with Crippen LogP contribution in [0, 0.1) is 0 Å². The predicted octanol–water partition coefficient (Wildman–Crippen LogP) is 0.817. The highest BCUT2D eigenvalue weighted by Gasteiger charge is 1.82. The molecule has 0 rings (SSSR count). The summed E-state index contributed by atoms with van der Waals surface area (Å²) in [6, 6.07) is 0.627. The molecule has 0 aromatic heterocycles. The van der Waals surface area contributed by atoms with E-state index in [9.17, 15) is 0 Å². The van der Waals surface area contributed by atoms with Gasteiger partial charge in [-0.25, -0.2) is 0 Å². The van der Waals surface area contributed by atoms with Crippen molar-refractivity contribution in [2.45, 2.75) is 19.9 Å². The fraction of sp³-hybridized carbons (Fsp3) is 1.00. The average Bonchev–Trinajstić information content (AvgIpc) is 1.35. The van der Waals surface area contributed by atoms with E-state index >= 15 is 0 Å². The van der Waals surface area contributed by atoms with Crippen molar-refractivity contribution < 1.29 is 0 Å². The molecule has 0 bridgehead atoms. The molecule has 0 fully saturated rings. The highest BCUT2D eigenvalue weighted by Crippen LogP contribution is 1.77. The second-order valence-electron chi connectivity index (χ2n) is 1.56. The van der Waals surface area contributed by atoms with Crippen LogP contribution in [0.1, 0.15) is 13.8 Å². The Morgan fingerprint density at radius 1 is 1.67 bits per heavy atom. The topological polar surface area (TPSA) is 12.0 Å². The summed E-state index contributed by atoms with van der Waals surface area (Å²) in [7, 11) is 2.61. The summed E-state index contributed by atoms with van der Waals surface area (Å²) in [5.74, 6) is 0. The summed E-state index contributed by atoms with van der Waals surface area (Å²) < 4.78 is 0. The first-order valence-corrected chi connectivity index (χ1v) is 3.02. The summed E-state index contributed by atoms with van der Waals surface area (Å²) in [6.45, 7) is 4.26. The second kappa shape index (κ2) is 3.58. The Morgan fingerprint density at radius 3 is 2.17 bits per heavy atom. The molecule has 0 aromatic rings. The Bertz CT molecular complexity index is 28.7. The van der Waals surface area contributed by atoms with Gasteiger partial charge in [0.15, 0.2) is 0 Å². The van der Waals surface area contributed by atoms with Crippen LogP contribution in [0.15, 0.2) is 0 Å². The molecule has 1 N–H and O–H groups in total. The lowest BCUT2D eigenvalue weighted by molar-refractivity contribution is 0.655. The molecule has 2 heteroatoms. The smallest absolute Gasteiger partial charge is 0.0100 e. The zero-order valence-electron chi connectivity index (χ0n) is 4.36. The standard InChI is InChI=1S/C4H12NP/c1-4(2)5-3-6/h4-5H,3,6H2,1-2H3. The van der Waals surface area contributed by atoms with Gasteiger partial charge in [0.25, 0.3) is 0 Å². The molecule has 0 amide bonds. The first-order valence-electron chi connectivity index (χ1n) is 2.21. The van der Waals surface area contributed by atoms with Gasteiger partial charge in [-0.1, -0.05) is 13.8 Å². The normalized spacial score (nSPS) is 10.0. The maximum Gasteiger partial charge on any atom is 0.0100 e. The van der Waals surface area contributed by atoms with Crippen LogP contribution in [0.25, 0.3) is 0 Å². The van der Waals surface area contributed by atoms with Crippen molar-refractivity contribution in [1.82, 2.24) is 5.32 Å². The van der Waals surface area contributed by atoms with Crippen LogP contribution < -0.4 is 5.32 Å². The van der Waals surface area contributed by atoms with Crippen molar-refractivity contribution in [3.8, 4) is 0 Å². The lowest BCUT2D eigenvalue weighted by Gasteiger charge is -2.00. The van der Waals surface area contributed by atoms with Crippen LogP contribution in [0.5, 0.6) is 0 Å². The first kappa shape index (κ1) is 6.39. The van der Waals surface area contributed by atoms with Gasteiger partial charge in [-0.05, 0) is 0 Å². The zero-order chi connectivity index (χ0) is 4.99. The maximum absolute atomic E-state index is 3.17. The van der Waals surface area contributed by atoms with Crippen molar-refractivity contribution in [1.29, 1.82) is 0 Å². The van der Waals surface area contributed by atoms with Gasteiger partial charge < -0.3 is 5.32 Å². The van der Waals surface area contributed by atoms with Crippen LogP contribution in [-0.4, -0.2) is 12.3 Å². The van der Waals surface area contributed by atoms with Gasteiger partial charge in [0.1, 0.15) is 0 Å². The van der Waals surface area contributed by atoms with Crippen molar-refractivity contribution in [2.75, 3.05) is 6.29 Å². The third kappa shape index (κ3) is 4.39. The minimum absolute atomic E-state index is 0.627. The first-order chi connectivity index (χ1) is 2.77. The molecule has 0 spiro atoms. The van der Waals surface area contributed by atoms with Crippen LogP contribution in [0.2, 0.25) is 0 Å². The van der Waals surface area contributed by atoms with E-state index in [4.69, 9.17) is 0 Å². The van der Waals surface area contributed by atoms with Crippen molar-refractivity contribution in [3.05, 3.63) is 0 Å². The van der Waals surface area contributed by atoms with Gasteiger partial charge in [-0.15, -0.1) is 9.24 Å². The number of hydrogen-bond donors (Lipinski definition) is 1. The summed E-state index contributed by atoms with van der Waals surface area (Å²) in [5, 5.41) is 3.17. The summed E-state index contributed by atoms with van der Waals surface area (Å²) >= 11 is 0. The quantitative estimate of drug-likeness (QED) is 0.512. The third-order valence-electron chi connectivity index (χ3n) is 0.526. The molecular formula is C4H12NP. The molecule has 0 aliphatic carbocycles. The summed E-state index contributed by atoms with van der Waals surface area (Å²) in [5.41, 5.74) is 0. The van der Waals surface area contributed by atoms with Gasteiger partial charge in [0.2, 0.25) is 0 Å². The fourth-order valence-electron chi connectivity index (χ4n) is 0.236. The summed E-state index contributed by atoms with van der Waals surface area (Å²) in [6.07, 6.45) is 0.998. The van der Waals surface area contributed by atoms with Gasteiger partial charge >= 0.3 is 0 Å². The molecule has 1 unspecified atom stereocenters. The molecule has 6 heavy (non-hydrogen) atoms. The van der Waals surface area contributed by atoms with Gasteiger partial charge in [0, 0.05) is 12.3 Å². The molecule has 0 aromatic carbocycles. The molecule has 1 atom stereocenters. The van der Waals surface area contributed by atoms with Crippen LogP contribution >= 0.6 is 9.24 Å². The van der Waals surface area contributed by atoms with Crippen LogP contribution in [0.3, 0.4) is 0 Å². The van der Waals surface area contributed by atoms with E-state index in [1.165, 1.54) is 0 Å². The number of nitrogens with one attached hydrogen (secondary N) is 1. The molecule has 0 heterocycles. The molecule has 0 saturated carbocycles. The molecule has 0 aliphatic rings. The maximum atomic E-state index is 3.17. The van der Waals surface area contributed by atoms with E-state index in [0.717, 1.165) is 6.29 Å². The second-order valence-corrected chi connectivity index (χ2v) is 1.97. The molecule has 38 valence electrons. The highest BCUT2D eigenvalue weighted by molar-refractivity contribution is 7.16.